The molecule has 0 aliphatic heterocycles. The van der Waals surface area contributed by atoms with Gasteiger partial charge in [-0.05, 0) is 56.0 Å². The largest absolute Gasteiger partial charge is 0.395 e. The molecule has 0 aliphatic carbocycles. The topological polar surface area (TPSA) is 116 Å². The maximum Gasteiger partial charge on any atom is 0.395 e. The number of aryl methyl sites for hydroxylation is 2. The summed E-state index contributed by atoms with van der Waals surface area (Å²) in [5, 5.41) is 18.5. The number of aromatic nitrogens is 6. The van der Waals surface area contributed by atoms with Crippen molar-refractivity contribution >= 4 is 17.5 Å². The summed E-state index contributed by atoms with van der Waals surface area (Å²) in [5.74, 6) is -1.90. The number of carbonyl (C=O) groups is 2. The number of pyridine rings is 1. The summed E-state index contributed by atoms with van der Waals surface area (Å²) in [4.78, 5) is 27.9. The van der Waals surface area contributed by atoms with Gasteiger partial charge < -0.3 is 5.32 Å². The van der Waals surface area contributed by atoms with Crippen molar-refractivity contribution in [2.24, 2.45) is 0 Å². The number of nitrogens with zero attached hydrogens (tertiary/aromatic N) is 6. The molecule has 0 saturated heterocycles. The normalized spacial score (nSPS) is 12.4. The Hall–Kier alpha value is -3.70. The van der Waals surface area contributed by atoms with Crippen molar-refractivity contribution in [1.82, 2.24) is 30.2 Å². The second kappa shape index (κ2) is 11.6. The molecule has 0 spiro atoms. The zero-order valence-corrected chi connectivity index (χ0v) is 19.4. The van der Waals surface area contributed by atoms with Gasteiger partial charge >= 0.3 is 6.18 Å². The van der Waals surface area contributed by atoms with Gasteiger partial charge in [0, 0.05) is 24.9 Å². The number of Topliss-reactive ketones (excluding diaryl/α,β-unsaturated/α-hetero) is 1. The molecule has 0 radical (unpaired) electrons. The number of anilines is 1. The molecule has 1 amide bonds. The van der Waals surface area contributed by atoms with Crippen LogP contribution < -0.4 is 5.32 Å². The first kappa shape index (κ1) is 25.9. The standard InChI is InChI=1S/C23H26F3N7O2/c1-3-20(34)19-14-33(32-30-19)11-5-4-6-17-7-8-21(31-29-17)28-22(35)13-18-12-16(9-10-27-18)15(2)23(24,25)26/h7-10,12,14-15H,3-6,11,13H2,1-2H3,(H,28,31,35). The summed E-state index contributed by atoms with van der Waals surface area (Å²) in [6, 6.07) is 5.95. The summed E-state index contributed by atoms with van der Waals surface area (Å²) >= 11 is 0. The lowest BCUT2D eigenvalue weighted by molar-refractivity contribution is -0.146. The van der Waals surface area contributed by atoms with Gasteiger partial charge in [-0.1, -0.05) is 12.1 Å². The summed E-state index contributed by atoms with van der Waals surface area (Å²) in [7, 11) is 0. The van der Waals surface area contributed by atoms with Crippen LogP contribution in [0.3, 0.4) is 0 Å². The molecule has 3 rings (SSSR count). The van der Waals surface area contributed by atoms with Gasteiger partial charge in [-0.15, -0.1) is 10.2 Å². The Kier molecular flexibility index (Phi) is 8.61. The molecule has 35 heavy (non-hydrogen) atoms. The molecule has 1 atom stereocenters. The summed E-state index contributed by atoms with van der Waals surface area (Å²) in [6.45, 7) is 3.47. The number of halogens is 3. The Labute approximate surface area is 200 Å². The van der Waals surface area contributed by atoms with Crippen LogP contribution >= 0.6 is 0 Å². The van der Waals surface area contributed by atoms with Crippen molar-refractivity contribution in [3.8, 4) is 0 Å². The highest BCUT2D eigenvalue weighted by Crippen LogP contribution is 2.34. The fourth-order valence-corrected chi connectivity index (χ4v) is 3.26. The number of amides is 1. The highest BCUT2D eigenvalue weighted by molar-refractivity contribution is 5.93. The van der Waals surface area contributed by atoms with E-state index in [4.69, 9.17) is 0 Å². The van der Waals surface area contributed by atoms with Crippen LogP contribution in [0, 0.1) is 0 Å². The predicted octanol–water partition coefficient (Wildman–Crippen LogP) is 3.93. The Morgan fingerprint density at radius 3 is 2.57 bits per heavy atom. The van der Waals surface area contributed by atoms with E-state index in [1.54, 1.807) is 29.9 Å². The van der Waals surface area contributed by atoms with Crippen LogP contribution in [0.25, 0.3) is 0 Å². The van der Waals surface area contributed by atoms with E-state index in [2.05, 4.69) is 30.8 Å². The Bertz CT molecular complexity index is 1150. The third kappa shape index (κ3) is 7.66. The van der Waals surface area contributed by atoms with Crippen molar-refractivity contribution in [3.05, 3.63) is 59.3 Å². The molecule has 0 saturated carbocycles. The first-order valence-electron chi connectivity index (χ1n) is 11.2. The van der Waals surface area contributed by atoms with E-state index >= 15 is 0 Å². The average Bonchev–Trinajstić information content (AvgIpc) is 3.30. The van der Waals surface area contributed by atoms with Crippen LogP contribution in [-0.4, -0.2) is 48.0 Å². The molecule has 0 fully saturated rings. The lowest BCUT2D eigenvalue weighted by Gasteiger charge is -2.16. The molecule has 0 aliphatic rings. The van der Waals surface area contributed by atoms with E-state index in [0.717, 1.165) is 25.5 Å². The fraction of sp³-hybridized carbons (Fsp3) is 0.435. The summed E-state index contributed by atoms with van der Waals surface area (Å²) in [6.07, 6.45) is 1.04. The Morgan fingerprint density at radius 1 is 1.09 bits per heavy atom. The third-order valence-electron chi connectivity index (χ3n) is 5.38. The molecule has 9 nitrogen and oxygen atoms in total. The fourth-order valence-electron chi connectivity index (χ4n) is 3.26. The van der Waals surface area contributed by atoms with E-state index in [1.165, 1.54) is 18.3 Å². The van der Waals surface area contributed by atoms with E-state index in [9.17, 15) is 22.8 Å². The van der Waals surface area contributed by atoms with Gasteiger partial charge in [0.1, 0.15) is 5.69 Å². The molecular weight excluding hydrogens is 463 g/mol. The molecule has 12 heteroatoms. The van der Waals surface area contributed by atoms with E-state index in [-0.39, 0.29) is 29.3 Å². The van der Waals surface area contributed by atoms with Crippen molar-refractivity contribution in [3.63, 3.8) is 0 Å². The second-order valence-corrected chi connectivity index (χ2v) is 8.08. The average molecular weight is 490 g/mol. The molecular formula is C23H26F3N7O2. The van der Waals surface area contributed by atoms with Gasteiger partial charge in [0.2, 0.25) is 5.91 Å². The number of carbonyl (C=O) groups excluding carboxylic acids is 2. The van der Waals surface area contributed by atoms with Gasteiger partial charge in [-0.2, -0.15) is 18.3 Å². The van der Waals surface area contributed by atoms with Crippen LogP contribution in [0.4, 0.5) is 19.0 Å². The molecule has 3 heterocycles. The highest BCUT2D eigenvalue weighted by atomic mass is 19.4. The lowest BCUT2D eigenvalue weighted by atomic mass is 10.0. The SMILES string of the molecule is CCC(=O)c1cn(CCCCc2ccc(NC(=O)Cc3cc(C(C)C(F)(F)F)ccn3)nn2)nn1. The maximum absolute atomic E-state index is 12.9. The van der Waals surface area contributed by atoms with E-state index in [1.807, 2.05) is 0 Å². The van der Waals surface area contributed by atoms with Crippen LogP contribution in [0.15, 0.2) is 36.7 Å². The van der Waals surface area contributed by atoms with Gasteiger partial charge in [-0.25, -0.2) is 0 Å². The zero-order chi connectivity index (χ0) is 25.4. The van der Waals surface area contributed by atoms with Crippen molar-refractivity contribution in [2.45, 2.75) is 64.6 Å². The smallest absolute Gasteiger partial charge is 0.309 e. The van der Waals surface area contributed by atoms with Crippen molar-refractivity contribution in [2.75, 3.05) is 5.32 Å². The number of ketones is 1. The molecule has 0 aromatic carbocycles. The summed E-state index contributed by atoms with van der Waals surface area (Å²) in [5.41, 5.74) is 1.41. The lowest BCUT2D eigenvalue weighted by Crippen LogP contribution is -2.19. The third-order valence-corrected chi connectivity index (χ3v) is 5.38. The van der Waals surface area contributed by atoms with Crippen LogP contribution in [0.1, 0.15) is 66.5 Å². The minimum Gasteiger partial charge on any atom is -0.309 e. The molecule has 186 valence electrons. The van der Waals surface area contributed by atoms with Crippen LogP contribution in [-0.2, 0) is 24.2 Å². The number of hydrogen-bond acceptors (Lipinski definition) is 7. The number of rotatable bonds is 11. The summed E-state index contributed by atoms with van der Waals surface area (Å²) < 4.78 is 40.4. The second-order valence-electron chi connectivity index (χ2n) is 8.08. The zero-order valence-electron chi connectivity index (χ0n) is 19.4. The maximum atomic E-state index is 12.9. The van der Waals surface area contributed by atoms with E-state index in [0.29, 0.717) is 25.1 Å². The number of hydrogen-bond donors (Lipinski definition) is 1. The minimum absolute atomic E-state index is 0.0421. The molecule has 1 unspecified atom stereocenters. The van der Waals surface area contributed by atoms with Gasteiger partial charge in [0.15, 0.2) is 11.6 Å². The molecule has 3 aromatic rings. The van der Waals surface area contributed by atoms with Gasteiger partial charge in [0.05, 0.1) is 24.2 Å². The first-order valence-corrected chi connectivity index (χ1v) is 11.2. The van der Waals surface area contributed by atoms with Crippen molar-refractivity contribution < 1.29 is 22.8 Å². The molecule has 1 N–H and O–H groups in total. The van der Waals surface area contributed by atoms with Gasteiger partial charge in [-0.3, -0.25) is 19.3 Å². The number of nitrogens with one attached hydrogen (secondary N) is 1. The molecule has 0 bridgehead atoms. The minimum atomic E-state index is -4.37. The number of alkyl halides is 3. The van der Waals surface area contributed by atoms with E-state index < -0.39 is 18.0 Å². The number of unbranched alkanes of at least 4 members (excludes halogenated alkanes) is 1. The highest BCUT2D eigenvalue weighted by Gasteiger charge is 2.37. The monoisotopic (exact) mass is 489 g/mol. The van der Waals surface area contributed by atoms with Gasteiger partial charge in [0.25, 0.3) is 0 Å². The Balaban J connectivity index is 1.44. The molecule has 3 aromatic heterocycles. The predicted molar refractivity (Wildman–Crippen MR) is 121 cm³/mol. The van der Waals surface area contributed by atoms with Crippen LogP contribution in [0.5, 0.6) is 0 Å². The first-order chi connectivity index (χ1) is 16.7. The van der Waals surface area contributed by atoms with Crippen molar-refractivity contribution in [1.29, 1.82) is 0 Å². The Morgan fingerprint density at radius 2 is 1.89 bits per heavy atom. The van der Waals surface area contributed by atoms with Crippen LogP contribution in [0.2, 0.25) is 0 Å². The quantitative estimate of drug-likeness (QED) is 0.321.